The number of aliphatic hydroxyl groups is 4. The number of esters is 2. The second-order valence-corrected chi connectivity index (χ2v) is 17.4. The number of carbonyl (C=O) groups excluding carboxylic acids is 2. The van der Waals surface area contributed by atoms with Crippen molar-refractivity contribution in [3.8, 4) is 0 Å². The van der Waals surface area contributed by atoms with E-state index in [9.17, 15) is 39.5 Å². The third-order valence-electron chi connectivity index (χ3n) is 10.4. The van der Waals surface area contributed by atoms with E-state index in [4.69, 9.17) is 23.3 Å². The van der Waals surface area contributed by atoms with Gasteiger partial charge in [0.25, 0.3) is 0 Å². The molecule has 1 aliphatic rings. The van der Waals surface area contributed by atoms with Crippen molar-refractivity contribution in [3.05, 3.63) is 48.6 Å². The highest BCUT2D eigenvalue weighted by molar-refractivity contribution is 7.47. The first-order chi connectivity index (χ1) is 29.5. The summed E-state index contributed by atoms with van der Waals surface area (Å²) in [7, 11) is -5.04. The van der Waals surface area contributed by atoms with Gasteiger partial charge < -0.3 is 39.5 Å². The maximum absolute atomic E-state index is 12.8. The number of phosphoric acid groups is 1. The highest BCUT2D eigenvalue weighted by Gasteiger charge is 2.47. The minimum absolute atomic E-state index is 0.0414. The molecule has 14 heteroatoms. The summed E-state index contributed by atoms with van der Waals surface area (Å²) in [6.45, 7) is 2.54. The molecular formula is C47H83O13P. The van der Waals surface area contributed by atoms with Crippen molar-refractivity contribution < 1.29 is 62.7 Å². The van der Waals surface area contributed by atoms with Crippen LogP contribution in [0.25, 0.3) is 0 Å². The first kappa shape index (κ1) is 56.8. The Morgan fingerprint density at radius 2 is 1.05 bits per heavy atom. The van der Waals surface area contributed by atoms with Crippen LogP contribution in [0.2, 0.25) is 0 Å². The zero-order valence-corrected chi connectivity index (χ0v) is 38.4. The van der Waals surface area contributed by atoms with Crippen molar-refractivity contribution >= 4 is 19.8 Å². The quantitative estimate of drug-likeness (QED) is 0.0169. The summed E-state index contributed by atoms with van der Waals surface area (Å²) in [5, 5.41) is 39.6. The average molecular weight is 887 g/mol. The van der Waals surface area contributed by atoms with E-state index in [-0.39, 0.29) is 12.8 Å². The molecule has 5 N–H and O–H groups in total. The zero-order chi connectivity index (χ0) is 44.8. The van der Waals surface area contributed by atoms with Gasteiger partial charge in [0.1, 0.15) is 31.0 Å². The third-order valence-corrected chi connectivity index (χ3v) is 11.4. The summed E-state index contributed by atoms with van der Waals surface area (Å²) in [5.74, 6) is -1.12. The van der Waals surface area contributed by atoms with Gasteiger partial charge >= 0.3 is 19.8 Å². The number of rotatable bonds is 39. The van der Waals surface area contributed by atoms with Crippen LogP contribution in [-0.4, -0.2) is 93.9 Å². The molecule has 0 saturated carbocycles. The van der Waals surface area contributed by atoms with Crippen molar-refractivity contribution in [1.82, 2.24) is 0 Å². The van der Waals surface area contributed by atoms with Crippen LogP contribution in [0.5, 0.6) is 0 Å². The Bertz CT molecular complexity index is 1250. The molecular weight excluding hydrogens is 803 g/mol. The van der Waals surface area contributed by atoms with Crippen LogP contribution >= 0.6 is 7.82 Å². The Morgan fingerprint density at radius 1 is 0.590 bits per heavy atom. The molecule has 13 nitrogen and oxygen atoms in total. The van der Waals surface area contributed by atoms with Crippen LogP contribution in [-0.2, 0) is 37.4 Å². The number of ether oxygens (including phenoxy) is 3. The predicted octanol–water partition coefficient (Wildman–Crippen LogP) is 9.78. The van der Waals surface area contributed by atoms with Gasteiger partial charge in [-0.25, -0.2) is 4.57 Å². The molecule has 0 radical (unpaired) electrons. The number of allylic oxidation sites excluding steroid dienone is 8. The van der Waals surface area contributed by atoms with Gasteiger partial charge in [-0.3, -0.25) is 18.6 Å². The fourth-order valence-corrected chi connectivity index (χ4v) is 7.53. The van der Waals surface area contributed by atoms with Crippen molar-refractivity contribution in [1.29, 1.82) is 0 Å². The summed E-state index contributed by atoms with van der Waals surface area (Å²) < 4.78 is 38.7. The number of hydrogen-bond donors (Lipinski definition) is 5. The molecule has 7 atom stereocenters. The molecule has 0 aliphatic carbocycles. The maximum atomic E-state index is 12.8. The molecule has 354 valence electrons. The molecule has 1 aliphatic heterocycles. The fourth-order valence-electron chi connectivity index (χ4n) is 6.68. The number of aliphatic hydroxyl groups excluding tert-OH is 4. The Labute approximate surface area is 367 Å². The van der Waals surface area contributed by atoms with Crippen molar-refractivity contribution in [2.75, 3.05) is 19.8 Å². The molecule has 0 bridgehead atoms. The van der Waals surface area contributed by atoms with Crippen LogP contribution in [0.4, 0.5) is 0 Å². The number of hydrogen-bond acceptors (Lipinski definition) is 12. The molecule has 0 aromatic heterocycles. The average Bonchev–Trinajstić information content (AvgIpc) is 3.24. The van der Waals surface area contributed by atoms with Crippen LogP contribution in [0.15, 0.2) is 48.6 Å². The topological polar surface area (TPSA) is 199 Å². The van der Waals surface area contributed by atoms with E-state index in [0.29, 0.717) is 19.3 Å². The first-order valence-corrected chi connectivity index (χ1v) is 24.9. The van der Waals surface area contributed by atoms with E-state index >= 15 is 0 Å². The lowest BCUT2D eigenvalue weighted by atomic mass is 10.00. The summed E-state index contributed by atoms with van der Waals surface area (Å²) >= 11 is 0. The van der Waals surface area contributed by atoms with Crippen LogP contribution in [0.1, 0.15) is 181 Å². The molecule has 0 aromatic carbocycles. The lowest BCUT2D eigenvalue weighted by Gasteiger charge is -2.39. The summed E-state index contributed by atoms with van der Waals surface area (Å²) in [6, 6.07) is 0. The number of unbranched alkanes of at least 4 members (excludes halogenated alkanes) is 18. The third kappa shape index (κ3) is 31.3. The van der Waals surface area contributed by atoms with E-state index in [2.05, 4.69) is 50.3 Å². The molecule has 1 rings (SSSR count). The Hall–Kier alpha value is -2.19. The zero-order valence-electron chi connectivity index (χ0n) is 37.5. The van der Waals surface area contributed by atoms with Crippen LogP contribution in [0.3, 0.4) is 0 Å². The highest BCUT2D eigenvalue weighted by atomic mass is 31.2. The Morgan fingerprint density at radius 3 is 1.57 bits per heavy atom. The van der Waals surface area contributed by atoms with Gasteiger partial charge in [0, 0.05) is 12.8 Å². The minimum Gasteiger partial charge on any atom is -0.462 e. The molecule has 0 spiro atoms. The molecule has 1 saturated heterocycles. The van der Waals surface area contributed by atoms with Crippen LogP contribution in [0, 0.1) is 0 Å². The monoisotopic (exact) mass is 887 g/mol. The normalized spacial score (nSPS) is 21.2. The second kappa shape index (κ2) is 38.3. The van der Waals surface area contributed by atoms with Gasteiger partial charge in [-0.2, -0.15) is 0 Å². The SMILES string of the molecule is CCCCC/C=C\C/C=C\C/C=C\C/C=C\CCCC(=O)OC(COC(=O)CCCCCCCCCCCCCCCCC)COP(=O)(O)O[C@@H]1O[C@H](CO)[C@@H](O)[C@H](O)[C@H]1O. The van der Waals surface area contributed by atoms with Gasteiger partial charge in [0.2, 0.25) is 0 Å². The smallest absolute Gasteiger partial charge is 0.462 e. The van der Waals surface area contributed by atoms with Gasteiger partial charge in [0.15, 0.2) is 12.4 Å². The first-order valence-electron chi connectivity index (χ1n) is 23.5. The van der Waals surface area contributed by atoms with Gasteiger partial charge in [-0.1, -0.05) is 165 Å². The van der Waals surface area contributed by atoms with E-state index in [1.54, 1.807) is 0 Å². The molecule has 1 heterocycles. The highest BCUT2D eigenvalue weighted by Crippen LogP contribution is 2.46. The van der Waals surface area contributed by atoms with Crippen molar-refractivity contribution in [2.45, 2.75) is 218 Å². The lowest BCUT2D eigenvalue weighted by Crippen LogP contribution is -2.58. The van der Waals surface area contributed by atoms with E-state index in [1.165, 1.54) is 89.9 Å². The Balaban J connectivity index is 2.49. The molecule has 0 amide bonds. The van der Waals surface area contributed by atoms with Crippen LogP contribution < -0.4 is 0 Å². The van der Waals surface area contributed by atoms with Gasteiger partial charge in [-0.15, -0.1) is 0 Å². The number of phosphoric ester groups is 1. The number of carbonyl (C=O) groups is 2. The standard InChI is InChI=1S/C47H83O13P/c1-3-5-7-9-11-13-15-17-19-20-22-24-26-28-30-32-34-36-43(50)58-40(39-57-61(54,55)60-47-46(53)45(52)44(51)41(37-48)59-47)38-56-42(49)35-33-31-29-27-25-23-21-18-16-14-12-10-8-6-4-2/h11,13,17,19,22,24,28,30,40-41,44-48,51-53H,3-10,12,14-16,18,20-21,23,25-27,29,31-39H2,1-2H3,(H,54,55)/b13-11-,19-17-,24-22-,30-28-/t40?,41-,44-,45+,46-,47+/m1/s1. The Kier molecular flexibility index (Phi) is 35.7. The minimum atomic E-state index is -5.04. The fraction of sp³-hybridized carbons (Fsp3) is 0.787. The summed E-state index contributed by atoms with van der Waals surface area (Å²) in [4.78, 5) is 35.7. The van der Waals surface area contributed by atoms with Gasteiger partial charge in [-0.05, 0) is 51.4 Å². The lowest BCUT2D eigenvalue weighted by molar-refractivity contribution is -0.281. The molecule has 0 aromatic rings. The second-order valence-electron chi connectivity index (χ2n) is 16.0. The van der Waals surface area contributed by atoms with Gasteiger partial charge in [0.05, 0.1) is 13.2 Å². The summed E-state index contributed by atoms with van der Waals surface area (Å²) in [6.07, 6.45) is 33.8. The van der Waals surface area contributed by atoms with E-state index < -0.39 is 76.4 Å². The van der Waals surface area contributed by atoms with Crippen molar-refractivity contribution in [3.63, 3.8) is 0 Å². The molecule has 61 heavy (non-hydrogen) atoms. The molecule has 1 fully saturated rings. The molecule has 2 unspecified atom stereocenters. The maximum Gasteiger partial charge on any atom is 0.474 e. The van der Waals surface area contributed by atoms with Crippen molar-refractivity contribution in [2.24, 2.45) is 0 Å². The largest absolute Gasteiger partial charge is 0.474 e. The summed E-state index contributed by atoms with van der Waals surface area (Å²) in [5.41, 5.74) is 0. The van der Waals surface area contributed by atoms with E-state index in [1.807, 2.05) is 12.2 Å². The van der Waals surface area contributed by atoms with E-state index in [0.717, 1.165) is 44.9 Å². The predicted molar refractivity (Wildman–Crippen MR) is 239 cm³/mol.